The van der Waals surface area contributed by atoms with E-state index >= 15 is 0 Å². The molecule has 0 unspecified atom stereocenters. The quantitative estimate of drug-likeness (QED) is 0.878. The van der Waals surface area contributed by atoms with Crippen LogP contribution in [0, 0.1) is 5.92 Å². The highest BCUT2D eigenvalue weighted by molar-refractivity contribution is 5.90. The molecule has 7 nitrogen and oxygen atoms in total. The number of nitrogens with zero attached hydrogens (tertiary/aromatic N) is 3. The normalized spacial score (nSPS) is 25.6. The van der Waals surface area contributed by atoms with Gasteiger partial charge in [0, 0.05) is 43.0 Å². The number of primary amides is 1. The zero-order valence-corrected chi connectivity index (χ0v) is 13.9. The van der Waals surface area contributed by atoms with E-state index < -0.39 is 5.91 Å². The fourth-order valence-corrected chi connectivity index (χ4v) is 3.77. The van der Waals surface area contributed by atoms with E-state index in [9.17, 15) is 9.59 Å². The lowest BCUT2D eigenvalue weighted by Crippen LogP contribution is -2.40. The van der Waals surface area contributed by atoms with E-state index in [2.05, 4.69) is 15.2 Å². The minimum Gasteiger partial charge on any atom is -0.364 e. The molecule has 0 bridgehead atoms. The Morgan fingerprint density at radius 1 is 1.36 bits per heavy atom. The third kappa shape index (κ3) is 3.14. The van der Waals surface area contributed by atoms with Crippen LogP contribution >= 0.6 is 0 Å². The number of nitrogens with one attached hydrogen (secondary N) is 1. The molecular formula is C18H21N5O2. The summed E-state index contributed by atoms with van der Waals surface area (Å²) in [7, 11) is 0. The molecule has 2 amide bonds. The van der Waals surface area contributed by atoms with E-state index in [1.165, 1.54) is 0 Å². The second kappa shape index (κ2) is 6.31. The van der Waals surface area contributed by atoms with Gasteiger partial charge in [0.25, 0.3) is 5.91 Å². The molecule has 4 rings (SSSR count). The number of rotatable bonds is 4. The summed E-state index contributed by atoms with van der Waals surface area (Å²) >= 11 is 0. The van der Waals surface area contributed by atoms with E-state index in [0.717, 1.165) is 37.1 Å². The summed E-state index contributed by atoms with van der Waals surface area (Å²) in [6, 6.07) is 5.66. The Kier molecular flexibility index (Phi) is 3.99. The molecule has 3 atom stereocenters. The summed E-state index contributed by atoms with van der Waals surface area (Å²) in [4.78, 5) is 30.2. The zero-order valence-electron chi connectivity index (χ0n) is 13.9. The fourth-order valence-electron chi connectivity index (χ4n) is 3.77. The second-order valence-electron chi connectivity index (χ2n) is 6.93. The van der Waals surface area contributed by atoms with Crippen LogP contribution in [0.2, 0.25) is 0 Å². The lowest BCUT2D eigenvalue weighted by molar-refractivity contribution is -0.133. The number of pyridine rings is 1. The number of carbonyl (C=O) groups is 2. The minimum absolute atomic E-state index is 0.0749. The molecule has 25 heavy (non-hydrogen) atoms. The summed E-state index contributed by atoms with van der Waals surface area (Å²) in [5.41, 5.74) is 7.53. The van der Waals surface area contributed by atoms with Crippen molar-refractivity contribution in [3.63, 3.8) is 0 Å². The zero-order chi connectivity index (χ0) is 17.4. The predicted octanol–water partition coefficient (Wildman–Crippen LogP) is 1.41. The molecule has 130 valence electrons. The van der Waals surface area contributed by atoms with Gasteiger partial charge in [0.1, 0.15) is 5.69 Å². The van der Waals surface area contributed by atoms with Gasteiger partial charge in [-0.15, -0.1) is 0 Å². The van der Waals surface area contributed by atoms with Crippen molar-refractivity contribution in [2.45, 2.75) is 31.1 Å². The van der Waals surface area contributed by atoms with Gasteiger partial charge in [-0.1, -0.05) is 6.07 Å². The summed E-state index contributed by atoms with van der Waals surface area (Å²) in [5.74, 6) is 0.242. The van der Waals surface area contributed by atoms with Crippen LogP contribution in [0.1, 0.15) is 52.8 Å². The first kappa shape index (κ1) is 15.8. The first-order valence-corrected chi connectivity index (χ1v) is 8.67. The van der Waals surface area contributed by atoms with E-state index in [0.29, 0.717) is 12.5 Å². The number of piperidine rings is 1. The van der Waals surface area contributed by atoms with Crippen LogP contribution in [0.3, 0.4) is 0 Å². The Labute approximate surface area is 145 Å². The van der Waals surface area contributed by atoms with E-state index in [1.54, 1.807) is 12.3 Å². The number of hydrogen-bond acceptors (Lipinski definition) is 4. The van der Waals surface area contributed by atoms with E-state index in [4.69, 9.17) is 5.73 Å². The minimum atomic E-state index is -0.538. The van der Waals surface area contributed by atoms with Crippen LogP contribution in [0.5, 0.6) is 0 Å². The summed E-state index contributed by atoms with van der Waals surface area (Å²) in [5, 5.41) is 6.85. The second-order valence-corrected chi connectivity index (χ2v) is 6.93. The van der Waals surface area contributed by atoms with Crippen LogP contribution in [0.25, 0.3) is 0 Å². The third-order valence-electron chi connectivity index (χ3n) is 5.24. The number of H-pyrrole nitrogens is 1. The van der Waals surface area contributed by atoms with Gasteiger partial charge < -0.3 is 10.6 Å². The lowest BCUT2D eigenvalue weighted by Gasteiger charge is -2.32. The molecule has 1 aliphatic heterocycles. The van der Waals surface area contributed by atoms with Crippen molar-refractivity contribution in [1.82, 2.24) is 20.1 Å². The van der Waals surface area contributed by atoms with Crippen LogP contribution in [0.4, 0.5) is 0 Å². The predicted molar refractivity (Wildman–Crippen MR) is 90.7 cm³/mol. The van der Waals surface area contributed by atoms with Crippen LogP contribution in [-0.4, -0.2) is 45.0 Å². The van der Waals surface area contributed by atoms with Gasteiger partial charge in [-0.05, 0) is 42.9 Å². The number of hydrogen-bond donors (Lipinski definition) is 2. The highest BCUT2D eigenvalue weighted by Crippen LogP contribution is 2.48. The summed E-state index contributed by atoms with van der Waals surface area (Å²) in [6.45, 7) is 1.46. The number of aromatic nitrogens is 3. The Bertz CT molecular complexity index is 788. The van der Waals surface area contributed by atoms with Gasteiger partial charge in [0.2, 0.25) is 5.91 Å². The van der Waals surface area contributed by atoms with Gasteiger partial charge in [-0.2, -0.15) is 5.10 Å². The highest BCUT2D eigenvalue weighted by atomic mass is 16.2. The third-order valence-corrected chi connectivity index (χ3v) is 5.24. The topological polar surface area (TPSA) is 105 Å². The largest absolute Gasteiger partial charge is 0.364 e. The maximum atomic E-state index is 12.8. The van der Waals surface area contributed by atoms with Gasteiger partial charge >= 0.3 is 0 Å². The van der Waals surface area contributed by atoms with E-state index in [1.807, 2.05) is 23.2 Å². The average molecular weight is 339 g/mol. The van der Waals surface area contributed by atoms with Gasteiger partial charge in [-0.25, -0.2) is 0 Å². The maximum Gasteiger partial charge on any atom is 0.269 e. The molecule has 1 saturated carbocycles. The Balaban J connectivity index is 1.41. The monoisotopic (exact) mass is 339 g/mol. The van der Waals surface area contributed by atoms with Crippen LogP contribution in [0.15, 0.2) is 30.6 Å². The molecule has 0 spiro atoms. The number of amides is 2. The average Bonchev–Trinajstić information content (AvgIpc) is 3.29. The standard InChI is InChI=1S/C18H21N5O2/c19-17(24)16-8-15(21-22-16)12-4-2-6-23(10-12)18(25)14-7-13(14)11-3-1-5-20-9-11/h1,3,5,8-9,12-14H,2,4,6-7,10H2,(H2,19,24)(H,21,22)/t12-,13-,14-/m1/s1. The Morgan fingerprint density at radius 3 is 2.96 bits per heavy atom. The van der Waals surface area contributed by atoms with Crippen molar-refractivity contribution in [3.8, 4) is 0 Å². The molecule has 7 heteroatoms. The molecule has 0 aromatic carbocycles. The van der Waals surface area contributed by atoms with Crippen molar-refractivity contribution in [2.75, 3.05) is 13.1 Å². The van der Waals surface area contributed by atoms with Crippen molar-refractivity contribution in [2.24, 2.45) is 11.7 Å². The number of nitrogens with two attached hydrogens (primary N) is 1. The molecule has 1 saturated heterocycles. The molecule has 3 heterocycles. The van der Waals surface area contributed by atoms with Gasteiger partial charge in [0.05, 0.1) is 0 Å². The van der Waals surface area contributed by atoms with Crippen LogP contribution < -0.4 is 5.73 Å². The number of aromatic amines is 1. The Hall–Kier alpha value is -2.70. The van der Waals surface area contributed by atoms with Gasteiger partial charge in [0.15, 0.2) is 0 Å². The number of carbonyl (C=O) groups excluding carboxylic acids is 2. The molecule has 3 N–H and O–H groups in total. The molecule has 2 fully saturated rings. The molecule has 1 aliphatic carbocycles. The molecule has 2 aromatic heterocycles. The number of likely N-dealkylation sites (tertiary alicyclic amines) is 1. The molecule has 2 aromatic rings. The van der Waals surface area contributed by atoms with Crippen molar-refractivity contribution >= 4 is 11.8 Å². The lowest BCUT2D eigenvalue weighted by atomic mass is 9.94. The molecule has 0 radical (unpaired) electrons. The summed E-state index contributed by atoms with van der Waals surface area (Å²) < 4.78 is 0. The van der Waals surface area contributed by atoms with E-state index in [-0.39, 0.29) is 23.4 Å². The SMILES string of the molecule is NC(=O)c1cc([C@@H]2CCCN(C(=O)[C@@H]3C[C@@H]3c3cccnc3)C2)[nH]n1. The molecule has 2 aliphatic rings. The fraction of sp³-hybridized carbons (Fsp3) is 0.444. The van der Waals surface area contributed by atoms with Crippen molar-refractivity contribution in [1.29, 1.82) is 0 Å². The summed E-state index contributed by atoms with van der Waals surface area (Å²) in [6.07, 6.45) is 6.43. The first-order chi connectivity index (χ1) is 12.1. The smallest absolute Gasteiger partial charge is 0.269 e. The van der Waals surface area contributed by atoms with Crippen molar-refractivity contribution in [3.05, 3.63) is 47.5 Å². The van der Waals surface area contributed by atoms with Crippen LogP contribution in [-0.2, 0) is 4.79 Å². The maximum absolute atomic E-state index is 12.8. The highest BCUT2D eigenvalue weighted by Gasteiger charge is 2.46. The van der Waals surface area contributed by atoms with Crippen molar-refractivity contribution < 1.29 is 9.59 Å². The Morgan fingerprint density at radius 2 is 2.24 bits per heavy atom. The van der Waals surface area contributed by atoms with Gasteiger partial charge in [-0.3, -0.25) is 19.7 Å². The first-order valence-electron chi connectivity index (χ1n) is 8.67. The molecular weight excluding hydrogens is 318 g/mol.